The summed E-state index contributed by atoms with van der Waals surface area (Å²) in [5, 5.41) is 0. The lowest BCUT2D eigenvalue weighted by molar-refractivity contribution is -0.134. The van der Waals surface area contributed by atoms with Gasteiger partial charge in [0, 0.05) is 47.5 Å². The number of H-pyrrole nitrogens is 2. The van der Waals surface area contributed by atoms with Gasteiger partial charge in [-0.05, 0) is 111 Å². The van der Waals surface area contributed by atoms with Crippen LogP contribution >= 0.6 is 0 Å². The molecule has 8 heteroatoms. The molecule has 0 spiro atoms. The summed E-state index contributed by atoms with van der Waals surface area (Å²) in [7, 11) is 1.61. The summed E-state index contributed by atoms with van der Waals surface area (Å²) in [6, 6.07) is 9.89. The fourth-order valence-corrected chi connectivity index (χ4v) is 8.70. The number of benzene rings is 1. The summed E-state index contributed by atoms with van der Waals surface area (Å²) in [5.74, 6) is 2.63. The number of carbonyl (C=O) groups is 3. The average Bonchev–Trinajstić information content (AvgIpc) is 3.83. The van der Waals surface area contributed by atoms with Crippen LogP contribution in [0.3, 0.4) is 0 Å². The number of Topliss-reactive ketones (excluding diaryl/α,β-unsaturated/α-hetero) is 2. The van der Waals surface area contributed by atoms with Crippen LogP contribution in [-0.4, -0.2) is 40.3 Å². The number of rotatable bonds is 8. The first kappa shape index (κ1) is 30.2. The first-order chi connectivity index (χ1) is 22.2. The number of nitrogens with zero attached hydrogens (tertiary/aromatic N) is 1. The quantitative estimate of drug-likeness (QED) is 0.156. The molecule has 7 rings (SSSR count). The van der Waals surface area contributed by atoms with Gasteiger partial charge in [-0.3, -0.25) is 14.4 Å². The predicted octanol–water partition coefficient (Wildman–Crippen LogP) is 7.33. The average molecular weight is 620 g/mol. The monoisotopic (exact) mass is 619 g/mol. The Morgan fingerprint density at radius 3 is 2.74 bits per heavy atom. The van der Waals surface area contributed by atoms with Gasteiger partial charge < -0.3 is 19.4 Å². The molecular formula is C38H41N3O5. The third kappa shape index (κ3) is 5.17. The zero-order valence-corrected chi connectivity index (χ0v) is 27.0. The van der Waals surface area contributed by atoms with Crippen molar-refractivity contribution in [3.8, 4) is 5.75 Å². The Morgan fingerprint density at radius 2 is 1.96 bits per heavy atom. The maximum absolute atomic E-state index is 13.3. The molecule has 1 aromatic carbocycles. The Hall–Kier alpha value is -4.46. The van der Waals surface area contributed by atoms with Gasteiger partial charge >= 0.3 is 5.97 Å². The lowest BCUT2D eigenvalue weighted by Crippen LogP contribution is -2.42. The molecule has 0 bridgehead atoms. The van der Waals surface area contributed by atoms with E-state index in [1.807, 2.05) is 56.5 Å². The van der Waals surface area contributed by atoms with Crippen LogP contribution in [-0.2, 0) is 20.7 Å². The van der Waals surface area contributed by atoms with Crippen molar-refractivity contribution in [2.75, 3.05) is 7.11 Å². The highest BCUT2D eigenvalue weighted by molar-refractivity contribution is 6.11. The number of aromatic nitrogens is 2. The van der Waals surface area contributed by atoms with Gasteiger partial charge in [0.25, 0.3) is 0 Å². The number of hydrogen-bond donors (Lipinski definition) is 2. The summed E-state index contributed by atoms with van der Waals surface area (Å²) < 4.78 is 11.3. The molecule has 3 heterocycles. The van der Waals surface area contributed by atoms with Gasteiger partial charge in [0.1, 0.15) is 23.0 Å². The normalized spacial score (nSPS) is 25.9. The lowest BCUT2D eigenvalue weighted by atomic mass is 9.55. The van der Waals surface area contributed by atoms with Crippen LogP contribution in [0.1, 0.15) is 102 Å². The number of aliphatic imine (C=N–C) groups is 1. The zero-order chi connectivity index (χ0) is 32.2. The van der Waals surface area contributed by atoms with E-state index in [4.69, 9.17) is 14.5 Å². The summed E-state index contributed by atoms with van der Waals surface area (Å²) in [6.07, 6.45) is 11.4. The van der Waals surface area contributed by atoms with Crippen LogP contribution in [0.15, 0.2) is 59.1 Å². The Balaban J connectivity index is 0.991. The fraction of sp³-hybridized carbons (Fsp3) is 0.421. The number of methoxy groups -OCH3 is 1. The Labute approximate surface area is 269 Å². The number of nitrogens with one attached hydrogen (secondary N) is 2. The van der Waals surface area contributed by atoms with E-state index in [0.29, 0.717) is 46.3 Å². The van der Waals surface area contributed by atoms with Gasteiger partial charge in [-0.25, -0.2) is 4.99 Å². The second-order valence-corrected chi connectivity index (χ2v) is 13.6. The highest BCUT2D eigenvalue weighted by Crippen LogP contribution is 2.59. The van der Waals surface area contributed by atoms with Gasteiger partial charge in [0.15, 0.2) is 5.78 Å². The van der Waals surface area contributed by atoms with Crippen LogP contribution in [0.5, 0.6) is 5.75 Å². The van der Waals surface area contributed by atoms with Crippen LogP contribution in [0.4, 0.5) is 0 Å². The van der Waals surface area contributed by atoms with Gasteiger partial charge in [0.05, 0.1) is 24.9 Å². The molecule has 238 valence electrons. The van der Waals surface area contributed by atoms with E-state index < -0.39 is 5.97 Å². The Kier molecular flexibility index (Phi) is 7.70. The van der Waals surface area contributed by atoms with Crippen molar-refractivity contribution in [1.29, 1.82) is 0 Å². The van der Waals surface area contributed by atoms with Crippen molar-refractivity contribution in [3.05, 3.63) is 93.4 Å². The summed E-state index contributed by atoms with van der Waals surface area (Å²) in [5.41, 5.74) is 7.71. The molecule has 3 aromatic rings. The van der Waals surface area contributed by atoms with Crippen molar-refractivity contribution in [2.45, 2.75) is 78.1 Å². The van der Waals surface area contributed by atoms with Crippen molar-refractivity contribution < 1.29 is 23.9 Å². The number of aromatic amines is 2. The van der Waals surface area contributed by atoms with Crippen molar-refractivity contribution >= 4 is 29.3 Å². The maximum Gasteiger partial charge on any atom is 0.311 e. The third-order valence-corrected chi connectivity index (χ3v) is 11.1. The Bertz CT molecular complexity index is 1820. The van der Waals surface area contributed by atoms with E-state index >= 15 is 0 Å². The number of esters is 1. The molecule has 4 aliphatic rings. The second kappa shape index (κ2) is 11.7. The van der Waals surface area contributed by atoms with E-state index in [-0.39, 0.29) is 24.0 Å². The standard InChI is InChI=1S/C38H41N3O5/c1-21-30(19-32-34(45-4)20-31(41-32)29-6-5-17-39-29)40-22(2)37(21)33(42)12-14-36(44)46-24-8-10-25-23(18-24)7-9-27-26(25)15-16-38(3)28(27)11-13-35(38)43/h5-6,8,10,17-20,26-28,39-40H,7,9,11-16H2,1-4H3/b32-19-/t26?,27?,28-,38-/m0/s1. The molecule has 2 fully saturated rings. The van der Waals surface area contributed by atoms with E-state index in [1.165, 1.54) is 11.1 Å². The highest BCUT2D eigenvalue weighted by atomic mass is 16.5. The molecule has 2 unspecified atom stereocenters. The van der Waals surface area contributed by atoms with Crippen molar-refractivity contribution in [3.63, 3.8) is 0 Å². The molecule has 0 amide bonds. The van der Waals surface area contributed by atoms with Gasteiger partial charge in [0.2, 0.25) is 0 Å². The molecule has 0 saturated heterocycles. The van der Waals surface area contributed by atoms with Crippen LogP contribution in [0, 0.1) is 31.1 Å². The molecule has 4 atom stereocenters. The largest absolute Gasteiger partial charge is 0.494 e. The number of ketones is 2. The minimum absolute atomic E-state index is 0.00421. The third-order valence-electron chi connectivity index (χ3n) is 11.1. The van der Waals surface area contributed by atoms with E-state index in [1.54, 1.807) is 7.11 Å². The van der Waals surface area contributed by atoms with Gasteiger partial charge in [-0.2, -0.15) is 0 Å². The van der Waals surface area contributed by atoms with E-state index in [2.05, 4.69) is 23.0 Å². The van der Waals surface area contributed by atoms with Crippen LogP contribution in [0.2, 0.25) is 0 Å². The first-order valence-electron chi connectivity index (χ1n) is 16.5. The molecule has 46 heavy (non-hydrogen) atoms. The molecule has 3 aliphatic carbocycles. The van der Waals surface area contributed by atoms with E-state index in [0.717, 1.165) is 66.9 Å². The fourth-order valence-electron chi connectivity index (χ4n) is 8.70. The summed E-state index contributed by atoms with van der Waals surface area (Å²) in [6.45, 7) is 5.96. The second-order valence-electron chi connectivity index (χ2n) is 13.6. The summed E-state index contributed by atoms with van der Waals surface area (Å²) >= 11 is 0. The predicted molar refractivity (Wildman–Crippen MR) is 176 cm³/mol. The number of carbonyl (C=O) groups excluding carboxylic acids is 3. The highest BCUT2D eigenvalue weighted by Gasteiger charge is 2.54. The van der Waals surface area contributed by atoms with Gasteiger partial charge in [-0.15, -0.1) is 0 Å². The molecule has 1 aliphatic heterocycles. The zero-order valence-electron chi connectivity index (χ0n) is 27.0. The number of fused-ring (bicyclic) bond motifs is 5. The molecular weight excluding hydrogens is 578 g/mol. The number of ether oxygens (including phenoxy) is 2. The number of aryl methyl sites for hydroxylation is 2. The lowest BCUT2D eigenvalue weighted by Gasteiger charge is -2.48. The smallest absolute Gasteiger partial charge is 0.311 e. The number of allylic oxidation sites excluding steroid dienone is 1. The molecule has 2 N–H and O–H groups in total. The Morgan fingerprint density at radius 1 is 1.11 bits per heavy atom. The molecule has 2 saturated carbocycles. The van der Waals surface area contributed by atoms with Gasteiger partial charge in [-0.1, -0.05) is 13.0 Å². The van der Waals surface area contributed by atoms with Crippen molar-refractivity contribution in [1.82, 2.24) is 9.97 Å². The summed E-state index contributed by atoms with van der Waals surface area (Å²) in [4.78, 5) is 50.1. The van der Waals surface area contributed by atoms with Crippen molar-refractivity contribution in [2.24, 2.45) is 22.2 Å². The van der Waals surface area contributed by atoms with Crippen LogP contribution < -0.4 is 4.74 Å². The number of hydrogen-bond acceptors (Lipinski definition) is 6. The molecule has 8 nitrogen and oxygen atoms in total. The first-order valence-corrected chi connectivity index (χ1v) is 16.5. The minimum Gasteiger partial charge on any atom is -0.494 e. The van der Waals surface area contributed by atoms with E-state index in [9.17, 15) is 14.4 Å². The minimum atomic E-state index is -0.417. The van der Waals surface area contributed by atoms with Crippen LogP contribution in [0.25, 0.3) is 6.08 Å². The maximum atomic E-state index is 13.3. The molecule has 0 radical (unpaired) electrons. The molecule has 2 aromatic heterocycles. The topological polar surface area (TPSA) is 114 Å². The SMILES string of the molecule is COC1=CC(c2ccc[nH]2)=N/C1=C\c1[nH]c(C)c(C(=O)CCC(=O)Oc2ccc3c(c2)CCC2C3CC[C@]3(C)C(=O)CC[C@@H]23)c1C.